The molecule has 1 aromatic heterocycles. The topological polar surface area (TPSA) is 45.2 Å². The summed E-state index contributed by atoms with van der Waals surface area (Å²) in [5, 5.41) is 6.79. The maximum absolute atomic E-state index is 12.8. The van der Waals surface area contributed by atoms with Crippen LogP contribution in [-0.4, -0.2) is 29.4 Å². The Morgan fingerprint density at radius 2 is 1.76 bits per heavy atom. The molecule has 0 aliphatic rings. The Hall–Kier alpha value is -2.76. The SMILES string of the molecule is C[C@H](NCC(=O)N(C)[C@H](C)c1nc2ccccc2s1)c1cccc2ccccc12. The lowest BCUT2D eigenvalue weighted by atomic mass is 10.00. The monoisotopic (exact) mass is 403 g/mol. The first-order valence-electron chi connectivity index (χ1n) is 9.87. The quantitative estimate of drug-likeness (QED) is 0.474. The van der Waals surface area contributed by atoms with Crippen LogP contribution in [-0.2, 0) is 4.79 Å². The summed E-state index contributed by atoms with van der Waals surface area (Å²) in [5.41, 5.74) is 2.20. The van der Waals surface area contributed by atoms with Crippen molar-refractivity contribution in [2.45, 2.75) is 25.9 Å². The van der Waals surface area contributed by atoms with Crippen LogP contribution in [0.3, 0.4) is 0 Å². The van der Waals surface area contributed by atoms with Gasteiger partial charge in [-0.25, -0.2) is 4.98 Å². The highest BCUT2D eigenvalue weighted by atomic mass is 32.1. The molecule has 0 radical (unpaired) electrons. The molecule has 0 bridgehead atoms. The number of fused-ring (bicyclic) bond motifs is 2. The summed E-state index contributed by atoms with van der Waals surface area (Å²) in [6, 6.07) is 22.8. The number of rotatable bonds is 6. The molecule has 4 aromatic rings. The Bertz CT molecular complexity index is 1110. The zero-order chi connectivity index (χ0) is 20.4. The predicted octanol–water partition coefficient (Wildman–Crippen LogP) is 5.32. The smallest absolute Gasteiger partial charge is 0.236 e. The van der Waals surface area contributed by atoms with Gasteiger partial charge in [0.05, 0.1) is 22.8 Å². The van der Waals surface area contributed by atoms with Crippen LogP contribution in [0.1, 0.15) is 36.5 Å². The van der Waals surface area contributed by atoms with Gasteiger partial charge in [-0.2, -0.15) is 0 Å². The molecule has 5 heteroatoms. The highest BCUT2D eigenvalue weighted by Crippen LogP contribution is 2.29. The zero-order valence-corrected chi connectivity index (χ0v) is 17.7. The van der Waals surface area contributed by atoms with Crippen molar-refractivity contribution in [3.8, 4) is 0 Å². The molecular weight excluding hydrogens is 378 g/mol. The summed E-state index contributed by atoms with van der Waals surface area (Å²) in [7, 11) is 1.85. The molecule has 1 heterocycles. The molecule has 1 amide bonds. The molecule has 29 heavy (non-hydrogen) atoms. The van der Waals surface area contributed by atoms with E-state index in [1.54, 1.807) is 16.2 Å². The number of amides is 1. The first-order chi connectivity index (χ1) is 14.0. The van der Waals surface area contributed by atoms with Crippen LogP contribution >= 0.6 is 11.3 Å². The Kier molecular flexibility index (Phi) is 5.60. The molecule has 148 valence electrons. The molecule has 0 saturated heterocycles. The van der Waals surface area contributed by atoms with E-state index in [0.29, 0.717) is 0 Å². The minimum Gasteiger partial charge on any atom is -0.335 e. The van der Waals surface area contributed by atoms with Gasteiger partial charge in [-0.3, -0.25) is 4.79 Å². The van der Waals surface area contributed by atoms with Gasteiger partial charge in [0, 0.05) is 13.1 Å². The number of carbonyl (C=O) groups excluding carboxylic acids is 1. The lowest BCUT2D eigenvalue weighted by molar-refractivity contribution is -0.131. The molecule has 0 unspecified atom stereocenters. The zero-order valence-electron chi connectivity index (χ0n) is 16.9. The molecule has 0 aliphatic heterocycles. The molecule has 0 saturated carbocycles. The van der Waals surface area contributed by atoms with Gasteiger partial charge in [0.2, 0.25) is 5.91 Å². The first-order valence-corrected chi connectivity index (χ1v) is 10.7. The van der Waals surface area contributed by atoms with Crippen molar-refractivity contribution in [3.05, 3.63) is 77.3 Å². The summed E-state index contributed by atoms with van der Waals surface area (Å²) in [6.45, 7) is 4.42. The summed E-state index contributed by atoms with van der Waals surface area (Å²) < 4.78 is 1.15. The van der Waals surface area contributed by atoms with Crippen molar-refractivity contribution in [1.82, 2.24) is 15.2 Å². The van der Waals surface area contributed by atoms with Gasteiger partial charge in [-0.1, -0.05) is 54.6 Å². The fourth-order valence-electron chi connectivity index (χ4n) is 3.55. The van der Waals surface area contributed by atoms with Gasteiger partial charge in [-0.05, 0) is 42.3 Å². The van der Waals surface area contributed by atoms with E-state index in [4.69, 9.17) is 4.98 Å². The number of hydrogen-bond acceptors (Lipinski definition) is 4. The Morgan fingerprint density at radius 1 is 1.03 bits per heavy atom. The van der Waals surface area contributed by atoms with E-state index in [1.807, 2.05) is 38.2 Å². The van der Waals surface area contributed by atoms with E-state index in [9.17, 15) is 4.79 Å². The number of para-hydroxylation sites is 1. The van der Waals surface area contributed by atoms with Crippen molar-refractivity contribution >= 4 is 38.2 Å². The van der Waals surface area contributed by atoms with E-state index in [2.05, 4.69) is 54.7 Å². The standard InChI is InChI=1S/C24H25N3OS/c1-16(19-12-8-10-18-9-4-5-11-20(18)19)25-15-23(28)27(3)17(2)24-26-21-13-6-7-14-22(21)29-24/h4-14,16-17,25H,15H2,1-3H3/t16-,17+/m0/s1. The average Bonchev–Trinajstić information content (AvgIpc) is 3.20. The summed E-state index contributed by atoms with van der Waals surface area (Å²) in [4.78, 5) is 19.3. The van der Waals surface area contributed by atoms with Crippen LogP contribution in [0.5, 0.6) is 0 Å². The summed E-state index contributed by atoms with van der Waals surface area (Å²) in [6.07, 6.45) is 0. The van der Waals surface area contributed by atoms with Crippen molar-refractivity contribution in [3.63, 3.8) is 0 Å². The van der Waals surface area contributed by atoms with Gasteiger partial charge < -0.3 is 10.2 Å². The number of thiazole rings is 1. The molecule has 3 aromatic carbocycles. The predicted molar refractivity (Wildman–Crippen MR) is 121 cm³/mol. The van der Waals surface area contributed by atoms with Gasteiger partial charge in [0.1, 0.15) is 5.01 Å². The third kappa shape index (κ3) is 4.02. The average molecular weight is 404 g/mol. The Balaban J connectivity index is 1.43. The second-order valence-corrected chi connectivity index (χ2v) is 8.43. The van der Waals surface area contributed by atoms with Gasteiger partial charge in [-0.15, -0.1) is 11.3 Å². The van der Waals surface area contributed by atoms with Gasteiger partial charge >= 0.3 is 0 Å². The third-order valence-corrected chi connectivity index (χ3v) is 6.70. The van der Waals surface area contributed by atoms with E-state index in [-0.39, 0.29) is 24.5 Å². The number of aromatic nitrogens is 1. The van der Waals surface area contributed by atoms with Crippen LogP contribution in [0, 0.1) is 0 Å². The lowest BCUT2D eigenvalue weighted by Gasteiger charge is -2.25. The maximum Gasteiger partial charge on any atom is 0.236 e. The molecule has 4 nitrogen and oxygen atoms in total. The summed E-state index contributed by atoms with van der Waals surface area (Å²) >= 11 is 1.65. The highest BCUT2D eigenvalue weighted by molar-refractivity contribution is 7.18. The number of benzene rings is 3. The van der Waals surface area contributed by atoms with Crippen molar-refractivity contribution in [1.29, 1.82) is 0 Å². The fourth-order valence-corrected chi connectivity index (χ4v) is 4.62. The number of nitrogens with zero attached hydrogens (tertiary/aromatic N) is 2. The molecule has 1 N–H and O–H groups in total. The molecule has 0 aliphatic carbocycles. The first kappa shape index (κ1) is 19.6. The van der Waals surface area contributed by atoms with Gasteiger partial charge in [0.25, 0.3) is 0 Å². The van der Waals surface area contributed by atoms with Crippen LogP contribution in [0.4, 0.5) is 0 Å². The Labute approximate surface area is 175 Å². The van der Waals surface area contributed by atoms with Gasteiger partial charge in [0.15, 0.2) is 0 Å². The van der Waals surface area contributed by atoms with E-state index < -0.39 is 0 Å². The second kappa shape index (κ2) is 8.31. The normalized spacial score (nSPS) is 13.5. The second-order valence-electron chi connectivity index (χ2n) is 7.37. The Morgan fingerprint density at radius 3 is 2.59 bits per heavy atom. The lowest BCUT2D eigenvalue weighted by Crippen LogP contribution is -2.37. The fraction of sp³-hybridized carbons (Fsp3) is 0.250. The van der Waals surface area contributed by atoms with E-state index in [1.165, 1.54) is 16.3 Å². The number of hydrogen-bond donors (Lipinski definition) is 1. The molecule has 2 atom stereocenters. The number of carbonyl (C=O) groups is 1. The van der Waals surface area contributed by atoms with Crippen LogP contribution in [0.2, 0.25) is 0 Å². The summed E-state index contributed by atoms with van der Waals surface area (Å²) in [5.74, 6) is 0.0591. The number of nitrogens with one attached hydrogen (secondary N) is 1. The maximum atomic E-state index is 12.8. The van der Waals surface area contributed by atoms with Crippen LogP contribution in [0.25, 0.3) is 21.0 Å². The number of likely N-dealkylation sites (N-methyl/N-ethyl adjacent to an activating group) is 1. The molecular formula is C24H25N3OS. The van der Waals surface area contributed by atoms with Crippen LogP contribution < -0.4 is 5.32 Å². The minimum absolute atomic E-state index is 0.0591. The van der Waals surface area contributed by atoms with E-state index in [0.717, 1.165) is 15.2 Å². The third-order valence-electron chi connectivity index (χ3n) is 5.49. The van der Waals surface area contributed by atoms with Crippen molar-refractivity contribution < 1.29 is 4.79 Å². The molecule has 0 fully saturated rings. The van der Waals surface area contributed by atoms with Crippen molar-refractivity contribution in [2.75, 3.05) is 13.6 Å². The van der Waals surface area contributed by atoms with Crippen LogP contribution in [0.15, 0.2) is 66.7 Å². The largest absolute Gasteiger partial charge is 0.335 e. The van der Waals surface area contributed by atoms with Crippen molar-refractivity contribution in [2.24, 2.45) is 0 Å². The molecule has 4 rings (SSSR count). The molecule has 0 spiro atoms. The highest BCUT2D eigenvalue weighted by Gasteiger charge is 2.21. The van der Waals surface area contributed by atoms with E-state index >= 15 is 0 Å². The minimum atomic E-state index is -0.0606.